The number of benzene rings is 2. The Morgan fingerprint density at radius 1 is 1.14 bits per heavy atom. The van der Waals surface area contributed by atoms with Crippen LogP contribution in [-0.4, -0.2) is 26.2 Å². The van der Waals surface area contributed by atoms with Gasteiger partial charge in [0.25, 0.3) is 5.91 Å². The minimum absolute atomic E-state index is 0.0116. The van der Waals surface area contributed by atoms with Gasteiger partial charge in [0.1, 0.15) is 11.5 Å². The van der Waals surface area contributed by atoms with Crippen molar-refractivity contribution in [3.8, 4) is 22.6 Å². The van der Waals surface area contributed by atoms with E-state index in [0.29, 0.717) is 17.1 Å². The lowest BCUT2D eigenvalue weighted by atomic mass is 9.93. The number of amides is 1. The molecule has 2 aromatic carbocycles. The molecule has 154 valence electrons. The van der Waals surface area contributed by atoms with E-state index in [9.17, 15) is 9.18 Å². The van der Waals surface area contributed by atoms with Crippen LogP contribution < -0.4 is 32.0 Å². The highest BCUT2D eigenvalue weighted by atomic mass is 19.1. The van der Waals surface area contributed by atoms with Gasteiger partial charge in [-0.05, 0) is 37.5 Å². The Morgan fingerprint density at radius 2 is 1.86 bits per heavy atom. The number of nitrogens with one attached hydrogen (secondary N) is 1. The van der Waals surface area contributed by atoms with Gasteiger partial charge in [-0.1, -0.05) is 12.1 Å². The molecular formula is C21H25FN4O3. The summed E-state index contributed by atoms with van der Waals surface area (Å²) in [6, 6.07) is 7.78. The van der Waals surface area contributed by atoms with Crippen molar-refractivity contribution in [2.24, 2.45) is 11.5 Å². The molecular weight excluding hydrogens is 375 g/mol. The summed E-state index contributed by atoms with van der Waals surface area (Å²) in [6.45, 7) is 0. The van der Waals surface area contributed by atoms with E-state index >= 15 is 0 Å². The largest absolute Gasteiger partial charge is 0.493 e. The summed E-state index contributed by atoms with van der Waals surface area (Å²) >= 11 is 0. The van der Waals surface area contributed by atoms with Crippen molar-refractivity contribution in [1.29, 1.82) is 0 Å². The summed E-state index contributed by atoms with van der Waals surface area (Å²) in [5.74, 6) is -0.271. The molecule has 1 aliphatic rings. The van der Waals surface area contributed by atoms with Crippen LogP contribution in [0.5, 0.6) is 11.5 Å². The van der Waals surface area contributed by atoms with Crippen molar-refractivity contribution in [2.75, 3.05) is 20.0 Å². The maximum atomic E-state index is 14.8. The average molecular weight is 400 g/mol. The predicted molar refractivity (Wildman–Crippen MR) is 110 cm³/mol. The third kappa shape index (κ3) is 3.78. The minimum Gasteiger partial charge on any atom is -0.493 e. The van der Waals surface area contributed by atoms with Crippen molar-refractivity contribution in [1.82, 2.24) is 5.32 Å². The van der Waals surface area contributed by atoms with E-state index in [4.69, 9.17) is 26.7 Å². The number of nitrogen functional groups attached to an aromatic ring is 1. The highest BCUT2D eigenvalue weighted by Gasteiger charge is 2.24. The smallest absolute Gasteiger partial charge is 0.269 e. The third-order valence-corrected chi connectivity index (χ3v) is 5.13. The monoisotopic (exact) mass is 400 g/mol. The van der Waals surface area contributed by atoms with E-state index in [-0.39, 0.29) is 34.3 Å². The van der Waals surface area contributed by atoms with Gasteiger partial charge in [0.05, 0.1) is 25.6 Å². The molecule has 0 radical (unpaired) electrons. The fourth-order valence-corrected chi connectivity index (χ4v) is 3.27. The molecule has 2 aromatic rings. The number of carbonyl (C=O) groups is 1. The summed E-state index contributed by atoms with van der Waals surface area (Å²) in [6.07, 6.45) is 2.90. The molecule has 0 unspecified atom stereocenters. The molecule has 0 saturated heterocycles. The number of hydrogen-bond donors (Lipinski definition) is 4. The van der Waals surface area contributed by atoms with Crippen molar-refractivity contribution < 1.29 is 18.7 Å². The van der Waals surface area contributed by atoms with Crippen LogP contribution in [0.4, 0.5) is 10.1 Å². The number of nitrogens with two attached hydrogens (primary N) is 3. The Labute approximate surface area is 168 Å². The average Bonchev–Trinajstić information content (AvgIpc) is 2.69. The van der Waals surface area contributed by atoms with E-state index in [0.717, 1.165) is 19.3 Å². The maximum Gasteiger partial charge on any atom is 0.269 e. The first-order valence-electron chi connectivity index (χ1n) is 9.24. The van der Waals surface area contributed by atoms with Gasteiger partial charge in [-0.15, -0.1) is 0 Å². The zero-order valence-corrected chi connectivity index (χ0v) is 16.4. The second-order valence-electron chi connectivity index (χ2n) is 6.85. The Balaban J connectivity index is 2.08. The van der Waals surface area contributed by atoms with Gasteiger partial charge in [0.2, 0.25) is 0 Å². The van der Waals surface area contributed by atoms with Gasteiger partial charge in [-0.3, -0.25) is 4.79 Å². The first-order chi connectivity index (χ1) is 13.9. The maximum absolute atomic E-state index is 14.8. The molecule has 0 bridgehead atoms. The molecule has 0 heterocycles. The van der Waals surface area contributed by atoms with Gasteiger partial charge in [0.15, 0.2) is 11.5 Å². The molecule has 8 heteroatoms. The summed E-state index contributed by atoms with van der Waals surface area (Å²) in [5.41, 5.74) is 19.0. The molecule has 3 rings (SSSR count). The molecule has 0 spiro atoms. The lowest BCUT2D eigenvalue weighted by Gasteiger charge is -2.26. The lowest BCUT2D eigenvalue weighted by Crippen LogP contribution is -2.42. The van der Waals surface area contributed by atoms with E-state index < -0.39 is 11.7 Å². The highest BCUT2D eigenvalue weighted by molar-refractivity contribution is 6.02. The SMILES string of the molecule is COc1cccc(-c2c(F)ccc(/C(N)=C(\N)C(=O)NC3CCC3)c2N)c1OC. The van der Waals surface area contributed by atoms with Gasteiger partial charge >= 0.3 is 0 Å². The molecule has 0 atom stereocenters. The summed E-state index contributed by atoms with van der Waals surface area (Å²) in [5, 5.41) is 2.82. The molecule has 0 aliphatic heterocycles. The lowest BCUT2D eigenvalue weighted by molar-refractivity contribution is -0.118. The van der Waals surface area contributed by atoms with Crippen molar-refractivity contribution >= 4 is 17.3 Å². The van der Waals surface area contributed by atoms with Gasteiger partial charge in [0, 0.05) is 22.7 Å². The van der Waals surface area contributed by atoms with Crippen molar-refractivity contribution in [3.05, 3.63) is 47.4 Å². The quantitative estimate of drug-likeness (QED) is 0.436. The first-order valence-corrected chi connectivity index (χ1v) is 9.24. The van der Waals surface area contributed by atoms with Crippen molar-refractivity contribution in [3.63, 3.8) is 0 Å². The van der Waals surface area contributed by atoms with Crippen LogP contribution >= 0.6 is 0 Å². The molecule has 1 aliphatic carbocycles. The van der Waals surface area contributed by atoms with Crippen LogP contribution in [0.3, 0.4) is 0 Å². The molecule has 29 heavy (non-hydrogen) atoms. The second-order valence-corrected chi connectivity index (χ2v) is 6.85. The van der Waals surface area contributed by atoms with Crippen LogP contribution in [-0.2, 0) is 4.79 Å². The van der Waals surface area contributed by atoms with Crippen LogP contribution in [0.1, 0.15) is 24.8 Å². The second kappa shape index (κ2) is 8.30. The van der Waals surface area contributed by atoms with Gasteiger partial charge < -0.3 is 32.0 Å². The highest BCUT2D eigenvalue weighted by Crippen LogP contribution is 2.43. The van der Waals surface area contributed by atoms with Crippen LogP contribution in [0.25, 0.3) is 16.8 Å². The normalized spacial score (nSPS) is 14.6. The Hall–Kier alpha value is -3.42. The molecule has 7 nitrogen and oxygen atoms in total. The Morgan fingerprint density at radius 3 is 2.45 bits per heavy atom. The summed E-state index contributed by atoms with van der Waals surface area (Å²) in [4.78, 5) is 12.4. The predicted octanol–water partition coefficient (Wildman–Crippen LogP) is 2.35. The molecule has 0 aromatic heterocycles. The van der Waals surface area contributed by atoms with E-state index in [1.807, 2.05) is 0 Å². The number of rotatable bonds is 6. The van der Waals surface area contributed by atoms with Crippen LogP contribution in [0.2, 0.25) is 0 Å². The fraction of sp³-hybridized carbons (Fsp3) is 0.286. The molecule has 1 fully saturated rings. The molecule has 1 saturated carbocycles. The first kappa shape index (κ1) is 20.3. The zero-order valence-electron chi connectivity index (χ0n) is 16.4. The Kier molecular flexibility index (Phi) is 5.81. The van der Waals surface area contributed by atoms with Crippen LogP contribution in [0, 0.1) is 5.82 Å². The minimum atomic E-state index is -0.567. The number of para-hydroxylation sites is 1. The van der Waals surface area contributed by atoms with E-state index in [1.165, 1.54) is 26.4 Å². The number of carbonyl (C=O) groups excluding carboxylic acids is 1. The number of ether oxygens (including phenoxy) is 2. The fourth-order valence-electron chi connectivity index (χ4n) is 3.27. The van der Waals surface area contributed by atoms with Crippen molar-refractivity contribution in [2.45, 2.75) is 25.3 Å². The van der Waals surface area contributed by atoms with E-state index in [2.05, 4.69) is 5.32 Å². The number of anilines is 1. The molecule has 1 amide bonds. The van der Waals surface area contributed by atoms with Crippen LogP contribution in [0.15, 0.2) is 36.0 Å². The summed E-state index contributed by atoms with van der Waals surface area (Å²) < 4.78 is 25.5. The van der Waals surface area contributed by atoms with Gasteiger partial charge in [-0.2, -0.15) is 0 Å². The number of halogens is 1. The third-order valence-electron chi connectivity index (χ3n) is 5.13. The van der Waals surface area contributed by atoms with Gasteiger partial charge in [-0.25, -0.2) is 4.39 Å². The number of methoxy groups -OCH3 is 2. The standard InChI is InChI=1S/C21H25FN4O3/c1-28-15-8-4-7-12(20(15)29-2)16-14(22)10-9-13(17(16)23)18(24)19(25)21(27)26-11-5-3-6-11/h4,7-11H,3,5-6,23-25H2,1-2H3,(H,26,27)/b19-18+. The van der Waals surface area contributed by atoms with E-state index in [1.54, 1.807) is 18.2 Å². The summed E-state index contributed by atoms with van der Waals surface area (Å²) in [7, 11) is 2.94. The topological polar surface area (TPSA) is 126 Å². The molecule has 7 N–H and O–H groups in total. The zero-order chi connectivity index (χ0) is 21.1. The number of hydrogen-bond acceptors (Lipinski definition) is 6. The Bertz CT molecular complexity index is 971.